The monoisotopic (exact) mass is 405 g/mol. The molecule has 0 amide bonds. The van der Waals surface area contributed by atoms with Crippen LogP contribution in [-0.2, 0) is 13.2 Å². The van der Waals surface area contributed by atoms with E-state index in [1.165, 1.54) is 5.56 Å². The SMILES string of the molecule is Cc1ccccc1NCc1cc(Cl)c(OCc2cccc(Cl)c2)c(Cl)c1. The number of hydrogen-bond acceptors (Lipinski definition) is 2. The molecule has 3 aromatic rings. The first kappa shape index (κ1) is 18.9. The number of benzene rings is 3. The van der Waals surface area contributed by atoms with Gasteiger partial charge < -0.3 is 10.1 Å². The fourth-order valence-electron chi connectivity index (χ4n) is 2.60. The highest BCUT2D eigenvalue weighted by molar-refractivity contribution is 6.37. The summed E-state index contributed by atoms with van der Waals surface area (Å²) in [6, 6.07) is 19.3. The molecule has 3 aromatic carbocycles. The molecule has 0 radical (unpaired) electrons. The number of anilines is 1. The number of halogens is 3. The van der Waals surface area contributed by atoms with Crippen LogP contribution in [0, 0.1) is 6.92 Å². The van der Waals surface area contributed by atoms with Crippen LogP contribution in [0.5, 0.6) is 5.75 Å². The summed E-state index contributed by atoms with van der Waals surface area (Å²) in [5, 5.41) is 5.04. The minimum Gasteiger partial charge on any atom is -0.486 e. The molecule has 0 fully saturated rings. The molecule has 0 saturated carbocycles. The Morgan fingerprint density at radius 2 is 1.58 bits per heavy atom. The Hall–Kier alpha value is -1.87. The fourth-order valence-corrected chi connectivity index (χ4v) is 3.46. The second kappa shape index (κ2) is 8.68. The number of hydrogen-bond donors (Lipinski definition) is 1. The summed E-state index contributed by atoms with van der Waals surface area (Å²) in [5.74, 6) is 0.480. The standard InChI is InChI=1S/C21H18Cl3NO/c1-14-5-2-3-8-20(14)25-12-16-10-18(23)21(19(24)11-16)26-13-15-6-4-7-17(22)9-15/h2-11,25H,12-13H2,1H3. The third kappa shape index (κ3) is 4.85. The first-order valence-electron chi connectivity index (χ1n) is 8.17. The van der Waals surface area contributed by atoms with Crippen molar-refractivity contribution in [3.8, 4) is 5.75 Å². The molecular formula is C21H18Cl3NO. The van der Waals surface area contributed by atoms with Crippen molar-refractivity contribution in [1.29, 1.82) is 0 Å². The zero-order valence-electron chi connectivity index (χ0n) is 14.2. The first-order chi connectivity index (χ1) is 12.5. The first-order valence-corrected chi connectivity index (χ1v) is 9.31. The van der Waals surface area contributed by atoms with Crippen LogP contribution in [0.2, 0.25) is 15.1 Å². The lowest BCUT2D eigenvalue weighted by Crippen LogP contribution is -2.02. The molecule has 0 heterocycles. The maximum atomic E-state index is 6.38. The predicted octanol–water partition coefficient (Wildman–Crippen LogP) is 7.15. The van der Waals surface area contributed by atoms with Gasteiger partial charge in [0, 0.05) is 17.3 Å². The van der Waals surface area contributed by atoms with E-state index in [9.17, 15) is 0 Å². The van der Waals surface area contributed by atoms with Crippen LogP contribution in [0.4, 0.5) is 5.69 Å². The number of nitrogens with one attached hydrogen (secondary N) is 1. The molecule has 0 unspecified atom stereocenters. The van der Waals surface area contributed by atoms with Gasteiger partial charge in [-0.05, 0) is 53.9 Å². The molecule has 0 saturated heterocycles. The molecule has 26 heavy (non-hydrogen) atoms. The van der Waals surface area contributed by atoms with Crippen molar-refractivity contribution in [2.24, 2.45) is 0 Å². The van der Waals surface area contributed by atoms with Crippen LogP contribution in [0.25, 0.3) is 0 Å². The van der Waals surface area contributed by atoms with Crippen LogP contribution in [0.1, 0.15) is 16.7 Å². The lowest BCUT2D eigenvalue weighted by molar-refractivity contribution is 0.306. The molecule has 2 nitrogen and oxygen atoms in total. The van der Waals surface area contributed by atoms with Gasteiger partial charge in [-0.25, -0.2) is 0 Å². The van der Waals surface area contributed by atoms with Gasteiger partial charge in [0.1, 0.15) is 6.61 Å². The minimum absolute atomic E-state index is 0.348. The maximum Gasteiger partial charge on any atom is 0.156 e. The summed E-state index contributed by atoms with van der Waals surface area (Å²) in [5.41, 5.74) is 4.21. The summed E-state index contributed by atoms with van der Waals surface area (Å²) < 4.78 is 5.80. The van der Waals surface area contributed by atoms with Gasteiger partial charge in [0.05, 0.1) is 10.0 Å². The van der Waals surface area contributed by atoms with Crippen molar-refractivity contribution in [3.63, 3.8) is 0 Å². The zero-order chi connectivity index (χ0) is 18.5. The van der Waals surface area contributed by atoms with Gasteiger partial charge in [-0.2, -0.15) is 0 Å². The lowest BCUT2D eigenvalue weighted by Gasteiger charge is -2.14. The van der Waals surface area contributed by atoms with Crippen LogP contribution in [-0.4, -0.2) is 0 Å². The average molecular weight is 407 g/mol. The molecule has 0 aliphatic heterocycles. The quantitative estimate of drug-likeness (QED) is 0.469. The average Bonchev–Trinajstić information content (AvgIpc) is 2.60. The molecule has 0 aliphatic rings. The van der Waals surface area contributed by atoms with Crippen molar-refractivity contribution in [2.75, 3.05) is 5.32 Å². The van der Waals surface area contributed by atoms with Crippen molar-refractivity contribution >= 4 is 40.5 Å². The van der Waals surface area contributed by atoms with Gasteiger partial charge in [0.2, 0.25) is 0 Å². The van der Waals surface area contributed by atoms with E-state index in [-0.39, 0.29) is 0 Å². The Morgan fingerprint density at radius 1 is 0.846 bits per heavy atom. The number of aryl methyl sites for hydroxylation is 1. The molecular weight excluding hydrogens is 389 g/mol. The summed E-state index contributed by atoms with van der Waals surface area (Å²) in [6.45, 7) is 3.04. The molecule has 1 N–H and O–H groups in total. The highest BCUT2D eigenvalue weighted by atomic mass is 35.5. The molecule has 0 bridgehead atoms. The van der Waals surface area contributed by atoms with E-state index in [0.29, 0.717) is 34.0 Å². The van der Waals surface area contributed by atoms with Crippen molar-refractivity contribution in [2.45, 2.75) is 20.1 Å². The molecule has 5 heteroatoms. The van der Waals surface area contributed by atoms with Gasteiger partial charge in [0.25, 0.3) is 0 Å². The molecule has 0 spiro atoms. The van der Waals surface area contributed by atoms with E-state index in [2.05, 4.69) is 18.3 Å². The normalized spacial score (nSPS) is 10.6. The largest absolute Gasteiger partial charge is 0.486 e. The molecule has 0 atom stereocenters. The zero-order valence-corrected chi connectivity index (χ0v) is 16.5. The maximum absolute atomic E-state index is 6.38. The second-order valence-electron chi connectivity index (χ2n) is 5.98. The van der Waals surface area contributed by atoms with E-state index in [1.54, 1.807) is 0 Å². The minimum atomic E-state index is 0.348. The number of rotatable bonds is 6. The van der Waals surface area contributed by atoms with Crippen molar-refractivity contribution < 1.29 is 4.74 Å². The van der Waals surface area contributed by atoms with Crippen molar-refractivity contribution in [3.05, 3.63) is 92.4 Å². The Kier molecular flexibility index (Phi) is 6.31. The van der Waals surface area contributed by atoms with Crippen LogP contribution in [0.15, 0.2) is 60.7 Å². The van der Waals surface area contributed by atoms with Gasteiger partial charge in [-0.15, -0.1) is 0 Å². The Balaban J connectivity index is 1.69. The second-order valence-corrected chi connectivity index (χ2v) is 7.23. The summed E-state index contributed by atoms with van der Waals surface area (Å²) in [6.07, 6.45) is 0. The van der Waals surface area contributed by atoms with Crippen LogP contribution < -0.4 is 10.1 Å². The molecule has 0 aromatic heterocycles. The van der Waals surface area contributed by atoms with Crippen LogP contribution in [0.3, 0.4) is 0 Å². The summed E-state index contributed by atoms with van der Waals surface area (Å²) in [4.78, 5) is 0. The topological polar surface area (TPSA) is 21.3 Å². The van der Waals surface area contributed by atoms with Crippen LogP contribution >= 0.6 is 34.8 Å². The highest BCUT2D eigenvalue weighted by Crippen LogP contribution is 2.35. The van der Waals surface area contributed by atoms with E-state index in [1.807, 2.05) is 54.6 Å². The number of para-hydroxylation sites is 1. The number of ether oxygens (including phenoxy) is 1. The molecule has 134 valence electrons. The Labute approximate surface area is 168 Å². The Bertz CT molecular complexity index is 888. The summed E-state index contributed by atoms with van der Waals surface area (Å²) >= 11 is 18.8. The van der Waals surface area contributed by atoms with E-state index in [4.69, 9.17) is 39.5 Å². The van der Waals surface area contributed by atoms with Gasteiger partial charge in [0.15, 0.2) is 5.75 Å². The predicted molar refractivity (Wildman–Crippen MR) is 111 cm³/mol. The van der Waals surface area contributed by atoms with Gasteiger partial charge >= 0.3 is 0 Å². The van der Waals surface area contributed by atoms with E-state index >= 15 is 0 Å². The van der Waals surface area contributed by atoms with Crippen molar-refractivity contribution in [1.82, 2.24) is 0 Å². The van der Waals surface area contributed by atoms with E-state index in [0.717, 1.165) is 16.8 Å². The third-order valence-corrected chi connectivity index (χ3v) is 4.75. The lowest BCUT2D eigenvalue weighted by atomic mass is 10.1. The fraction of sp³-hybridized carbons (Fsp3) is 0.143. The van der Waals surface area contributed by atoms with Gasteiger partial charge in [-0.1, -0.05) is 65.1 Å². The highest BCUT2D eigenvalue weighted by Gasteiger charge is 2.11. The van der Waals surface area contributed by atoms with E-state index < -0.39 is 0 Å². The smallest absolute Gasteiger partial charge is 0.156 e. The molecule has 0 aliphatic carbocycles. The Morgan fingerprint density at radius 3 is 2.27 bits per heavy atom. The third-order valence-electron chi connectivity index (χ3n) is 3.96. The molecule has 3 rings (SSSR count). The van der Waals surface area contributed by atoms with Gasteiger partial charge in [-0.3, -0.25) is 0 Å². The summed E-state index contributed by atoms with van der Waals surface area (Å²) in [7, 11) is 0.